The molecule has 2 heteroatoms. The highest BCUT2D eigenvalue weighted by Gasteiger charge is 2.23. The minimum atomic E-state index is 0.651. The van der Waals surface area contributed by atoms with E-state index in [0.717, 1.165) is 32.1 Å². The van der Waals surface area contributed by atoms with Crippen molar-refractivity contribution >= 4 is 0 Å². The maximum Gasteiger partial charge on any atom is 0.0233 e. The van der Waals surface area contributed by atoms with Crippen molar-refractivity contribution in [2.24, 2.45) is 5.92 Å². The van der Waals surface area contributed by atoms with E-state index in [4.69, 9.17) is 0 Å². The van der Waals surface area contributed by atoms with Gasteiger partial charge in [-0.2, -0.15) is 0 Å². The van der Waals surface area contributed by atoms with Crippen molar-refractivity contribution in [3.63, 3.8) is 0 Å². The summed E-state index contributed by atoms with van der Waals surface area (Å²) in [5.74, 6) is 1.01. The third-order valence-corrected chi connectivity index (χ3v) is 4.36. The van der Waals surface area contributed by atoms with Gasteiger partial charge < -0.3 is 5.32 Å². The van der Waals surface area contributed by atoms with Crippen molar-refractivity contribution in [2.75, 3.05) is 13.1 Å². The van der Waals surface area contributed by atoms with Crippen LogP contribution in [0.1, 0.15) is 51.2 Å². The molecule has 0 aliphatic heterocycles. The molecule has 2 rings (SSSR count). The topological polar surface area (TPSA) is 15.3 Å². The Bertz CT molecular complexity index is 377. The fraction of sp³-hybridized carbons (Fsp3) is 0.667. The minimum absolute atomic E-state index is 0.651. The largest absolute Gasteiger partial charge is 0.310 e. The molecule has 2 nitrogen and oxygen atoms in total. The van der Waals surface area contributed by atoms with Gasteiger partial charge in [0, 0.05) is 19.1 Å². The molecular weight excluding hydrogens is 244 g/mol. The number of nitrogens with zero attached hydrogens (tertiary/aromatic N) is 1. The molecule has 0 aromatic heterocycles. The lowest BCUT2D eigenvalue weighted by molar-refractivity contribution is 0.296. The van der Waals surface area contributed by atoms with E-state index in [0.29, 0.717) is 6.04 Å². The zero-order valence-electron chi connectivity index (χ0n) is 13.4. The summed E-state index contributed by atoms with van der Waals surface area (Å²) >= 11 is 0. The summed E-state index contributed by atoms with van der Waals surface area (Å²) in [7, 11) is 0. The molecule has 1 N–H and O–H groups in total. The van der Waals surface area contributed by atoms with Crippen molar-refractivity contribution in [3.8, 4) is 0 Å². The first-order valence-electron chi connectivity index (χ1n) is 8.24. The van der Waals surface area contributed by atoms with Crippen LogP contribution in [0, 0.1) is 5.92 Å². The quantitative estimate of drug-likeness (QED) is 0.736. The summed E-state index contributed by atoms with van der Waals surface area (Å²) in [6.45, 7) is 11.1. The second-order valence-corrected chi connectivity index (χ2v) is 6.24. The van der Waals surface area contributed by atoms with Crippen LogP contribution in [-0.4, -0.2) is 24.0 Å². The third-order valence-electron chi connectivity index (χ3n) is 4.36. The average molecular weight is 274 g/mol. The first-order chi connectivity index (χ1) is 9.71. The van der Waals surface area contributed by atoms with Gasteiger partial charge in [-0.15, -0.1) is 0 Å². The molecule has 0 radical (unpaired) electrons. The van der Waals surface area contributed by atoms with Gasteiger partial charge in [-0.05, 0) is 43.5 Å². The zero-order valence-corrected chi connectivity index (χ0v) is 13.4. The molecule has 1 aliphatic rings. The molecular formula is C18H30N2. The minimum Gasteiger partial charge on any atom is -0.310 e. The Labute approximate surface area is 124 Å². The molecule has 112 valence electrons. The van der Waals surface area contributed by atoms with Crippen molar-refractivity contribution < 1.29 is 0 Å². The smallest absolute Gasteiger partial charge is 0.0233 e. The second-order valence-electron chi connectivity index (χ2n) is 6.24. The molecule has 1 aliphatic carbocycles. The van der Waals surface area contributed by atoms with Crippen molar-refractivity contribution in [1.29, 1.82) is 0 Å². The molecule has 1 saturated carbocycles. The Kier molecular flexibility index (Phi) is 6.06. The van der Waals surface area contributed by atoms with Gasteiger partial charge >= 0.3 is 0 Å². The summed E-state index contributed by atoms with van der Waals surface area (Å²) in [6.07, 6.45) is 4.25. The van der Waals surface area contributed by atoms with E-state index in [1.165, 1.54) is 30.4 Å². The van der Waals surface area contributed by atoms with Crippen molar-refractivity contribution in [3.05, 3.63) is 35.4 Å². The van der Waals surface area contributed by atoms with E-state index < -0.39 is 0 Å². The zero-order chi connectivity index (χ0) is 14.4. The third kappa shape index (κ3) is 5.26. The van der Waals surface area contributed by atoms with Crippen LogP contribution in [0.4, 0.5) is 0 Å². The highest BCUT2D eigenvalue weighted by atomic mass is 15.1. The van der Waals surface area contributed by atoms with Gasteiger partial charge in [-0.25, -0.2) is 0 Å². The molecule has 0 spiro atoms. The summed E-state index contributed by atoms with van der Waals surface area (Å²) < 4.78 is 0. The molecule has 0 heterocycles. The lowest BCUT2D eigenvalue weighted by atomic mass is 10.1. The molecule has 20 heavy (non-hydrogen) atoms. The molecule has 1 fully saturated rings. The molecule has 1 aromatic rings. The van der Waals surface area contributed by atoms with Crippen LogP contribution in [-0.2, 0) is 13.1 Å². The van der Waals surface area contributed by atoms with E-state index in [-0.39, 0.29) is 0 Å². The Morgan fingerprint density at radius 1 is 1.10 bits per heavy atom. The first kappa shape index (κ1) is 15.5. The highest BCUT2D eigenvalue weighted by Crippen LogP contribution is 2.33. The Balaban J connectivity index is 1.75. The van der Waals surface area contributed by atoms with Gasteiger partial charge in [-0.1, -0.05) is 51.0 Å². The van der Waals surface area contributed by atoms with Gasteiger partial charge in [0.1, 0.15) is 0 Å². The summed E-state index contributed by atoms with van der Waals surface area (Å²) in [5.41, 5.74) is 2.82. The van der Waals surface area contributed by atoms with Crippen molar-refractivity contribution in [2.45, 2.75) is 59.2 Å². The maximum atomic E-state index is 3.64. The van der Waals surface area contributed by atoms with Crippen LogP contribution >= 0.6 is 0 Å². The second kappa shape index (κ2) is 7.80. The van der Waals surface area contributed by atoms with Crippen LogP contribution in [0.25, 0.3) is 0 Å². The monoisotopic (exact) mass is 274 g/mol. The van der Waals surface area contributed by atoms with Crippen molar-refractivity contribution in [1.82, 2.24) is 10.2 Å². The van der Waals surface area contributed by atoms with E-state index >= 15 is 0 Å². The van der Waals surface area contributed by atoms with Gasteiger partial charge in [0.05, 0.1) is 0 Å². The van der Waals surface area contributed by atoms with E-state index in [1.807, 2.05) is 0 Å². The SMILES string of the molecule is CCN(CC)Cc1ccc(CNC(C)CC2CC2)cc1. The standard InChI is InChI=1S/C18H30N2/c1-4-20(5-2)14-18-10-8-17(9-11-18)13-19-15(3)12-16-6-7-16/h8-11,15-16,19H,4-7,12-14H2,1-3H3. The van der Waals surface area contributed by atoms with E-state index in [1.54, 1.807) is 0 Å². The number of hydrogen-bond donors (Lipinski definition) is 1. The summed E-state index contributed by atoms with van der Waals surface area (Å²) in [4.78, 5) is 2.45. The number of rotatable bonds is 9. The number of hydrogen-bond acceptors (Lipinski definition) is 2. The highest BCUT2D eigenvalue weighted by molar-refractivity contribution is 5.22. The predicted octanol–water partition coefficient (Wildman–Crippen LogP) is 3.81. The van der Waals surface area contributed by atoms with Gasteiger partial charge in [0.15, 0.2) is 0 Å². The fourth-order valence-electron chi connectivity index (χ4n) is 2.70. The predicted molar refractivity (Wildman–Crippen MR) is 86.7 cm³/mol. The van der Waals surface area contributed by atoms with E-state index in [2.05, 4.69) is 55.3 Å². The molecule has 1 aromatic carbocycles. The van der Waals surface area contributed by atoms with Crippen LogP contribution in [0.3, 0.4) is 0 Å². The van der Waals surface area contributed by atoms with Gasteiger partial charge in [0.25, 0.3) is 0 Å². The Morgan fingerprint density at radius 3 is 2.25 bits per heavy atom. The number of nitrogens with one attached hydrogen (secondary N) is 1. The lowest BCUT2D eigenvalue weighted by Crippen LogP contribution is -2.26. The van der Waals surface area contributed by atoms with Crippen LogP contribution in [0.15, 0.2) is 24.3 Å². The number of benzene rings is 1. The Hall–Kier alpha value is -0.860. The molecule has 1 unspecified atom stereocenters. The molecule has 0 saturated heterocycles. The molecule has 0 amide bonds. The molecule has 0 bridgehead atoms. The maximum absolute atomic E-state index is 3.64. The van der Waals surface area contributed by atoms with Gasteiger partial charge in [-0.3, -0.25) is 4.90 Å². The van der Waals surface area contributed by atoms with E-state index in [9.17, 15) is 0 Å². The first-order valence-corrected chi connectivity index (χ1v) is 8.24. The summed E-state index contributed by atoms with van der Waals surface area (Å²) in [6, 6.07) is 9.76. The fourth-order valence-corrected chi connectivity index (χ4v) is 2.70. The average Bonchev–Trinajstić information content (AvgIpc) is 3.27. The lowest BCUT2D eigenvalue weighted by Gasteiger charge is -2.18. The van der Waals surface area contributed by atoms with Crippen LogP contribution in [0.5, 0.6) is 0 Å². The Morgan fingerprint density at radius 2 is 1.70 bits per heavy atom. The molecule has 1 atom stereocenters. The van der Waals surface area contributed by atoms with Crippen LogP contribution in [0.2, 0.25) is 0 Å². The summed E-state index contributed by atoms with van der Waals surface area (Å²) in [5, 5.41) is 3.64. The van der Waals surface area contributed by atoms with Gasteiger partial charge in [0.2, 0.25) is 0 Å². The normalized spacial score (nSPS) is 16.6. The van der Waals surface area contributed by atoms with Crippen LogP contribution < -0.4 is 5.32 Å².